The SMILES string of the molecule is O=C1NC=C(c2nc3ccccc3s2)CN1. The first-order valence-electron chi connectivity index (χ1n) is 4.92. The number of nitrogens with zero attached hydrogens (tertiary/aromatic N) is 1. The standard InChI is InChI=1S/C11H9N3OS/c15-11-12-5-7(6-13-11)10-14-8-3-1-2-4-9(8)16-10/h1-5H,6H2,(H2,12,13,15). The van der Waals surface area contributed by atoms with Gasteiger partial charge < -0.3 is 10.6 Å². The third kappa shape index (κ3) is 1.55. The summed E-state index contributed by atoms with van der Waals surface area (Å²) in [6.45, 7) is 0.533. The van der Waals surface area contributed by atoms with Crippen molar-refractivity contribution >= 4 is 33.2 Å². The lowest BCUT2D eigenvalue weighted by Crippen LogP contribution is -2.37. The van der Waals surface area contributed by atoms with E-state index in [0.717, 1.165) is 20.8 Å². The number of rotatable bonds is 1. The fraction of sp³-hybridized carbons (Fsp3) is 0.0909. The summed E-state index contributed by atoms with van der Waals surface area (Å²) in [6.07, 6.45) is 1.72. The lowest BCUT2D eigenvalue weighted by molar-refractivity contribution is 0.244. The van der Waals surface area contributed by atoms with Crippen LogP contribution in [-0.2, 0) is 0 Å². The molecule has 80 valence electrons. The van der Waals surface area contributed by atoms with Crippen LogP contribution in [0.15, 0.2) is 30.5 Å². The number of hydrogen-bond donors (Lipinski definition) is 2. The van der Waals surface area contributed by atoms with Crippen molar-refractivity contribution in [3.8, 4) is 0 Å². The number of carbonyl (C=O) groups excluding carboxylic acids is 1. The predicted molar refractivity (Wildman–Crippen MR) is 64.1 cm³/mol. The van der Waals surface area contributed by atoms with Crippen molar-refractivity contribution in [2.45, 2.75) is 0 Å². The van der Waals surface area contributed by atoms with Gasteiger partial charge >= 0.3 is 6.03 Å². The van der Waals surface area contributed by atoms with Crippen molar-refractivity contribution in [1.29, 1.82) is 0 Å². The Morgan fingerprint density at radius 1 is 1.31 bits per heavy atom. The number of urea groups is 1. The molecule has 1 aliphatic heterocycles. The molecule has 0 fully saturated rings. The van der Waals surface area contributed by atoms with E-state index in [0.29, 0.717) is 6.54 Å². The summed E-state index contributed by atoms with van der Waals surface area (Å²) in [5.74, 6) is 0. The van der Waals surface area contributed by atoms with E-state index < -0.39 is 0 Å². The lowest BCUT2D eigenvalue weighted by atomic mass is 10.2. The Labute approximate surface area is 96.0 Å². The highest BCUT2D eigenvalue weighted by Crippen LogP contribution is 2.26. The molecule has 5 heteroatoms. The molecule has 4 nitrogen and oxygen atoms in total. The minimum Gasteiger partial charge on any atom is -0.334 e. The summed E-state index contributed by atoms with van der Waals surface area (Å²) in [4.78, 5) is 15.4. The Balaban J connectivity index is 2.03. The zero-order valence-electron chi connectivity index (χ0n) is 8.36. The molecule has 1 aliphatic rings. The van der Waals surface area contributed by atoms with Crippen LogP contribution in [0.4, 0.5) is 4.79 Å². The van der Waals surface area contributed by atoms with E-state index in [1.54, 1.807) is 17.5 Å². The topological polar surface area (TPSA) is 54.0 Å². The van der Waals surface area contributed by atoms with Gasteiger partial charge in [-0.25, -0.2) is 9.78 Å². The highest BCUT2D eigenvalue weighted by Gasteiger charge is 2.13. The summed E-state index contributed by atoms with van der Waals surface area (Å²) in [6, 6.07) is 7.85. The molecule has 2 N–H and O–H groups in total. The average molecular weight is 231 g/mol. The van der Waals surface area contributed by atoms with Gasteiger partial charge in [-0.1, -0.05) is 12.1 Å². The average Bonchev–Trinajstić information content (AvgIpc) is 2.73. The zero-order valence-corrected chi connectivity index (χ0v) is 9.17. The zero-order chi connectivity index (χ0) is 11.0. The molecule has 0 bridgehead atoms. The van der Waals surface area contributed by atoms with Crippen LogP contribution in [0.5, 0.6) is 0 Å². The molecule has 1 aromatic carbocycles. The molecule has 0 atom stereocenters. The molecule has 2 aromatic rings. The first-order chi connectivity index (χ1) is 7.83. The van der Waals surface area contributed by atoms with Crippen molar-refractivity contribution in [1.82, 2.24) is 15.6 Å². The van der Waals surface area contributed by atoms with Crippen molar-refractivity contribution in [2.75, 3.05) is 6.54 Å². The monoisotopic (exact) mass is 231 g/mol. The number of benzene rings is 1. The fourth-order valence-corrected chi connectivity index (χ4v) is 2.56. The first kappa shape index (κ1) is 9.35. The van der Waals surface area contributed by atoms with Gasteiger partial charge in [0.25, 0.3) is 0 Å². The third-order valence-electron chi connectivity index (χ3n) is 2.39. The number of hydrogen-bond acceptors (Lipinski definition) is 3. The summed E-state index contributed by atoms with van der Waals surface area (Å²) in [5.41, 5.74) is 2.01. The van der Waals surface area contributed by atoms with E-state index in [-0.39, 0.29) is 6.03 Å². The van der Waals surface area contributed by atoms with Crippen molar-refractivity contribution in [3.05, 3.63) is 35.5 Å². The molecule has 0 aliphatic carbocycles. The van der Waals surface area contributed by atoms with Crippen molar-refractivity contribution in [3.63, 3.8) is 0 Å². The van der Waals surface area contributed by atoms with Gasteiger partial charge in [-0.05, 0) is 12.1 Å². The van der Waals surface area contributed by atoms with Crippen LogP contribution in [0.25, 0.3) is 15.8 Å². The molecule has 0 saturated heterocycles. The second-order valence-corrected chi connectivity index (χ2v) is 4.51. The maximum absolute atomic E-state index is 10.9. The Hall–Kier alpha value is -1.88. The molecule has 0 saturated carbocycles. The van der Waals surface area contributed by atoms with Gasteiger partial charge in [0.2, 0.25) is 0 Å². The molecule has 2 heterocycles. The molecule has 0 radical (unpaired) electrons. The van der Waals surface area contributed by atoms with Gasteiger partial charge in [0.15, 0.2) is 0 Å². The molecule has 16 heavy (non-hydrogen) atoms. The second kappa shape index (κ2) is 3.61. The lowest BCUT2D eigenvalue weighted by Gasteiger charge is -2.12. The third-order valence-corrected chi connectivity index (χ3v) is 3.50. The van der Waals surface area contributed by atoms with E-state index in [1.165, 1.54) is 0 Å². The summed E-state index contributed by atoms with van der Waals surface area (Å²) >= 11 is 1.63. The Morgan fingerprint density at radius 2 is 2.19 bits per heavy atom. The minimum absolute atomic E-state index is 0.162. The number of nitrogens with one attached hydrogen (secondary N) is 2. The first-order valence-corrected chi connectivity index (χ1v) is 5.74. The Morgan fingerprint density at radius 3 is 2.94 bits per heavy atom. The molecule has 0 unspecified atom stereocenters. The van der Waals surface area contributed by atoms with Crippen LogP contribution in [0.1, 0.15) is 5.01 Å². The predicted octanol–water partition coefficient (Wildman–Crippen LogP) is 1.95. The number of para-hydroxylation sites is 1. The summed E-state index contributed by atoms with van der Waals surface area (Å²) in [7, 11) is 0. The molecule has 1 aromatic heterocycles. The highest BCUT2D eigenvalue weighted by molar-refractivity contribution is 7.19. The summed E-state index contributed by atoms with van der Waals surface area (Å²) in [5, 5.41) is 6.31. The van der Waals surface area contributed by atoms with Crippen LogP contribution in [0.3, 0.4) is 0 Å². The van der Waals surface area contributed by atoms with Crippen LogP contribution in [0.2, 0.25) is 0 Å². The molecular formula is C11H9N3OS. The van der Waals surface area contributed by atoms with Gasteiger partial charge in [-0.3, -0.25) is 0 Å². The maximum atomic E-state index is 10.9. The van der Waals surface area contributed by atoms with E-state index in [2.05, 4.69) is 15.6 Å². The maximum Gasteiger partial charge on any atom is 0.319 e. The van der Waals surface area contributed by atoms with Gasteiger partial charge in [0, 0.05) is 18.3 Å². The minimum atomic E-state index is -0.162. The van der Waals surface area contributed by atoms with E-state index in [4.69, 9.17) is 0 Å². The van der Waals surface area contributed by atoms with E-state index >= 15 is 0 Å². The molecule has 2 amide bonds. The number of fused-ring (bicyclic) bond motifs is 1. The largest absolute Gasteiger partial charge is 0.334 e. The van der Waals surface area contributed by atoms with Gasteiger partial charge in [-0.2, -0.15) is 0 Å². The van der Waals surface area contributed by atoms with Crippen molar-refractivity contribution < 1.29 is 4.79 Å². The van der Waals surface area contributed by atoms with Crippen molar-refractivity contribution in [2.24, 2.45) is 0 Å². The smallest absolute Gasteiger partial charge is 0.319 e. The summed E-state index contributed by atoms with van der Waals surface area (Å²) < 4.78 is 1.16. The number of carbonyl (C=O) groups is 1. The quantitative estimate of drug-likeness (QED) is 0.788. The van der Waals surface area contributed by atoms with E-state index in [1.807, 2.05) is 24.3 Å². The Bertz CT molecular complexity index is 555. The molecule has 0 spiro atoms. The van der Waals surface area contributed by atoms with Crippen LogP contribution < -0.4 is 10.6 Å². The van der Waals surface area contributed by atoms with Crippen LogP contribution in [0, 0.1) is 0 Å². The highest BCUT2D eigenvalue weighted by atomic mass is 32.1. The number of amides is 2. The van der Waals surface area contributed by atoms with Gasteiger partial charge in [0.05, 0.1) is 10.2 Å². The number of thiazole rings is 1. The molecular weight excluding hydrogens is 222 g/mol. The van der Waals surface area contributed by atoms with Crippen LogP contribution >= 0.6 is 11.3 Å². The second-order valence-electron chi connectivity index (χ2n) is 3.48. The van der Waals surface area contributed by atoms with Gasteiger partial charge in [-0.15, -0.1) is 11.3 Å². The normalized spacial score (nSPS) is 15.5. The van der Waals surface area contributed by atoms with E-state index in [9.17, 15) is 4.79 Å². The van der Waals surface area contributed by atoms with Gasteiger partial charge in [0.1, 0.15) is 5.01 Å². The Kier molecular flexibility index (Phi) is 2.11. The number of aromatic nitrogens is 1. The molecule has 3 rings (SSSR count). The fourth-order valence-electron chi connectivity index (χ4n) is 1.58. The van der Waals surface area contributed by atoms with Crippen LogP contribution in [-0.4, -0.2) is 17.6 Å².